The van der Waals surface area contributed by atoms with Crippen LogP contribution in [0.2, 0.25) is 0 Å². The van der Waals surface area contributed by atoms with Crippen molar-refractivity contribution in [1.29, 1.82) is 5.26 Å². The largest absolute Gasteiger partial charge is 0.465 e. The van der Waals surface area contributed by atoms with Crippen molar-refractivity contribution in [2.45, 2.75) is 13.0 Å². The number of furan rings is 1. The maximum absolute atomic E-state index is 12.4. The van der Waals surface area contributed by atoms with Crippen molar-refractivity contribution in [2.24, 2.45) is 0 Å². The Morgan fingerprint density at radius 2 is 1.96 bits per heavy atom. The number of carbonyl (C=O) groups is 3. The molecule has 8 heteroatoms. The van der Waals surface area contributed by atoms with E-state index in [1.165, 1.54) is 12.3 Å². The lowest BCUT2D eigenvalue weighted by Crippen LogP contribution is -2.42. The highest BCUT2D eigenvalue weighted by atomic mass is 16.5. The van der Waals surface area contributed by atoms with E-state index in [2.05, 4.69) is 10.6 Å². The van der Waals surface area contributed by atoms with Gasteiger partial charge in [0.1, 0.15) is 17.4 Å². The van der Waals surface area contributed by atoms with Crippen LogP contribution < -0.4 is 10.6 Å². The zero-order valence-electron chi connectivity index (χ0n) is 14.5. The molecule has 1 aromatic heterocycles. The minimum atomic E-state index is -1.41. The van der Waals surface area contributed by atoms with Crippen LogP contribution in [0.5, 0.6) is 0 Å². The zero-order valence-corrected chi connectivity index (χ0v) is 14.5. The van der Waals surface area contributed by atoms with E-state index in [1.807, 2.05) is 0 Å². The first-order valence-electron chi connectivity index (χ1n) is 8.05. The third-order valence-corrected chi connectivity index (χ3v) is 3.31. The number of benzene rings is 1. The number of nitrogens with one attached hydrogen (secondary N) is 2. The Labute approximate surface area is 155 Å². The second-order valence-corrected chi connectivity index (χ2v) is 5.23. The summed E-state index contributed by atoms with van der Waals surface area (Å²) in [5.41, 5.74) is -0.000345. The molecular formula is C19H17N3O5. The summed E-state index contributed by atoms with van der Waals surface area (Å²) in [6, 6.07) is 12.3. The molecular weight excluding hydrogens is 350 g/mol. The Hall–Kier alpha value is -3.86. The predicted molar refractivity (Wildman–Crippen MR) is 94.8 cm³/mol. The van der Waals surface area contributed by atoms with Crippen molar-refractivity contribution < 1.29 is 23.5 Å². The number of hydrogen-bond acceptors (Lipinski definition) is 6. The lowest BCUT2D eigenvalue weighted by atomic mass is 10.1. The van der Waals surface area contributed by atoms with Gasteiger partial charge in [-0.1, -0.05) is 30.3 Å². The number of hydrogen-bond donors (Lipinski definition) is 2. The highest BCUT2D eigenvalue weighted by Crippen LogP contribution is 2.20. The Kier molecular flexibility index (Phi) is 6.91. The number of amides is 3. The van der Waals surface area contributed by atoms with Crippen molar-refractivity contribution in [3.63, 3.8) is 0 Å². The number of esters is 1. The first kappa shape index (κ1) is 19.5. The van der Waals surface area contributed by atoms with Gasteiger partial charge in [-0.3, -0.25) is 10.1 Å². The van der Waals surface area contributed by atoms with Crippen LogP contribution in [0.1, 0.15) is 24.4 Å². The van der Waals surface area contributed by atoms with Gasteiger partial charge < -0.3 is 14.5 Å². The predicted octanol–water partition coefficient (Wildman–Crippen LogP) is 2.32. The van der Waals surface area contributed by atoms with Crippen LogP contribution >= 0.6 is 0 Å². The van der Waals surface area contributed by atoms with Crippen LogP contribution in [0.3, 0.4) is 0 Å². The molecule has 0 bridgehead atoms. The van der Waals surface area contributed by atoms with E-state index in [4.69, 9.17) is 9.15 Å². The smallest absolute Gasteiger partial charge is 0.350 e. The first-order valence-corrected chi connectivity index (χ1v) is 8.05. The molecule has 0 saturated carbocycles. The van der Waals surface area contributed by atoms with Crippen LogP contribution in [0, 0.1) is 11.3 Å². The van der Waals surface area contributed by atoms with Crippen LogP contribution in [-0.2, 0) is 14.3 Å². The molecule has 1 aromatic carbocycles. The molecule has 2 rings (SSSR count). The van der Waals surface area contributed by atoms with Gasteiger partial charge in [-0.25, -0.2) is 9.59 Å². The monoisotopic (exact) mass is 367 g/mol. The number of carbonyl (C=O) groups excluding carboxylic acids is 3. The van der Waals surface area contributed by atoms with Gasteiger partial charge in [0.25, 0.3) is 5.91 Å². The quantitative estimate of drug-likeness (QED) is 0.459. The van der Waals surface area contributed by atoms with Gasteiger partial charge >= 0.3 is 12.0 Å². The first-order chi connectivity index (χ1) is 13.0. The topological polar surface area (TPSA) is 121 Å². The third kappa shape index (κ3) is 5.57. The van der Waals surface area contributed by atoms with Crippen LogP contribution in [-0.4, -0.2) is 24.5 Å². The number of urea groups is 1. The van der Waals surface area contributed by atoms with E-state index >= 15 is 0 Å². The minimum absolute atomic E-state index is 0.284. The van der Waals surface area contributed by atoms with E-state index in [1.54, 1.807) is 55.5 Å². The number of rotatable bonds is 6. The van der Waals surface area contributed by atoms with Crippen molar-refractivity contribution >= 4 is 24.0 Å². The molecule has 0 aliphatic carbocycles. The van der Waals surface area contributed by atoms with Gasteiger partial charge in [0, 0.05) is 18.2 Å². The Bertz CT molecular complexity index is 867. The summed E-state index contributed by atoms with van der Waals surface area (Å²) in [6.45, 7) is 2.01. The number of ether oxygens (including phenoxy) is 1. The molecule has 138 valence electrons. The molecule has 2 N–H and O–H groups in total. The van der Waals surface area contributed by atoms with E-state index in [-0.39, 0.29) is 11.3 Å². The lowest BCUT2D eigenvalue weighted by molar-refractivity contribution is -0.152. The summed E-state index contributed by atoms with van der Waals surface area (Å²) >= 11 is 0. The van der Waals surface area contributed by atoms with Crippen molar-refractivity contribution in [1.82, 2.24) is 10.6 Å². The molecule has 0 radical (unpaired) electrons. The second-order valence-electron chi connectivity index (χ2n) is 5.23. The van der Waals surface area contributed by atoms with E-state index in [0.29, 0.717) is 12.1 Å². The molecule has 0 unspecified atom stereocenters. The normalized spacial score (nSPS) is 11.8. The molecule has 0 aliphatic rings. The van der Waals surface area contributed by atoms with Crippen molar-refractivity contribution in [3.8, 4) is 6.07 Å². The highest BCUT2D eigenvalue weighted by Gasteiger charge is 2.28. The van der Waals surface area contributed by atoms with Crippen LogP contribution in [0.4, 0.5) is 4.79 Å². The van der Waals surface area contributed by atoms with Crippen LogP contribution in [0.15, 0.2) is 58.7 Å². The van der Waals surface area contributed by atoms with Gasteiger partial charge in [-0.2, -0.15) is 5.26 Å². The standard InChI is InChI=1S/C19H17N3O5/c1-2-21-19(25)22-17(23)16(13-7-4-3-5-8-13)27-18(24)14(12-20)11-15-9-6-10-26-15/h3-11,16H,2H2,1H3,(H2,21,22,23,25)/b14-11+/t16-/m0/s1. The fourth-order valence-corrected chi connectivity index (χ4v) is 2.11. The van der Waals surface area contributed by atoms with Crippen LogP contribution in [0.25, 0.3) is 6.08 Å². The molecule has 0 fully saturated rings. The Morgan fingerprint density at radius 3 is 2.56 bits per heavy atom. The van der Waals surface area contributed by atoms with E-state index in [9.17, 15) is 19.6 Å². The summed E-state index contributed by atoms with van der Waals surface area (Å²) in [6.07, 6.45) is 1.18. The number of imide groups is 1. The maximum atomic E-state index is 12.4. The Balaban J connectivity index is 2.23. The minimum Gasteiger partial charge on any atom is -0.465 e. The fraction of sp³-hybridized carbons (Fsp3) is 0.158. The molecule has 3 amide bonds. The molecule has 0 saturated heterocycles. The molecule has 1 heterocycles. The molecule has 1 atom stereocenters. The average molecular weight is 367 g/mol. The van der Waals surface area contributed by atoms with Gasteiger partial charge in [0.15, 0.2) is 0 Å². The van der Waals surface area contributed by atoms with E-state index < -0.39 is 24.0 Å². The summed E-state index contributed by atoms with van der Waals surface area (Å²) in [4.78, 5) is 36.4. The van der Waals surface area contributed by atoms with Crippen molar-refractivity contribution in [3.05, 3.63) is 65.6 Å². The third-order valence-electron chi connectivity index (χ3n) is 3.31. The molecule has 0 spiro atoms. The zero-order chi connectivity index (χ0) is 19.6. The SMILES string of the molecule is CCNC(=O)NC(=O)[C@@H](OC(=O)/C(C#N)=C/c1ccco1)c1ccccc1. The number of nitrogens with zero attached hydrogens (tertiary/aromatic N) is 1. The summed E-state index contributed by atoms with van der Waals surface area (Å²) < 4.78 is 10.3. The van der Waals surface area contributed by atoms with Gasteiger partial charge in [-0.05, 0) is 19.1 Å². The molecule has 27 heavy (non-hydrogen) atoms. The van der Waals surface area contributed by atoms with Gasteiger partial charge in [-0.15, -0.1) is 0 Å². The van der Waals surface area contributed by atoms with E-state index in [0.717, 1.165) is 0 Å². The summed E-state index contributed by atoms with van der Waals surface area (Å²) in [5.74, 6) is -1.57. The average Bonchev–Trinajstić information content (AvgIpc) is 3.18. The fourth-order valence-electron chi connectivity index (χ4n) is 2.11. The lowest BCUT2D eigenvalue weighted by Gasteiger charge is -2.17. The highest BCUT2D eigenvalue weighted by molar-refractivity contribution is 6.01. The Morgan fingerprint density at radius 1 is 1.22 bits per heavy atom. The molecule has 8 nitrogen and oxygen atoms in total. The molecule has 2 aromatic rings. The second kappa shape index (κ2) is 9.58. The van der Waals surface area contributed by atoms with Gasteiger partial charge in [0.2, 0.25) is 6.10 Å². The number of nitriles is 1. The van der Waals surface area contributed by atoms with Crippen molar-refractivity contribution in [2.75, 3.05) is 6.54 Å². The summed E-state index contributed by atoms with van der Waals surface area (Å²) in [5, 5.41) is 13.7. The summed E-state index contributed by atoms with van der Waals surface area (Å²) in [7, 11) is 0. The molecule has 0 aliphatic heterocycles. The van der Waals surface area contributed by atoms with Gasteiger partial charge in [0.05, 0.1) is 6.26 Å². The maximum Gasteiger partial charge on any atom is 0.350 e.